The molecule has 0 bridgehead atoms. The Kier molecular flexibility index (Phi) is 6.18. The molecule has 0 unspecified atom stereocenters. The van der Waals surface area contributed by atoms with E-state index in [1.165, 1.54) is 4.90 Å². The van der Waals surface area contributed by atoms with Crippen LogP contribution >= 0.6 is 15.9 Å². The van der Waals surface area contributed by atoms with Gasteiger partial charge in [-0.15, -0.1) is 0 Å². The fourth-order valence-corrected chi connectivity index (χ4v) is 3.62. The van der Waals surface area contributed by atoms with E-state index >= 15 is 0 Å². The summed E-state index contributed by atoms with van der Waals surface area (Å²) in [5, 5.41) is 2.68. The van der Waals surface area contributed by atoms with Gasteiger partial charge in [0.15, 0.2) is 0 Å². The molecule has 1 heterocycles. The van der Waals surface area contributed by atoms with Crippen molar-refractivity contribution >= 4 is 33.9 Å². The number of ether oxygens (including phenoxy) is 1. The molecular formula is C25H21BrN2O3. The summed E-state index contributed by atoms with van der Waals surface area (Å²) in [6.07, 6.45) is 1.65. The lowest BCUT2D eigenvalue weighted by molar-refractivity contribution is -0.123. The van der Waals surface area contributed by atoms with Gasteiger partial charge in [0.2, 0.25) is 0 Å². The first-order valence-corrected chi connectivity index (χ1v) is 10.7. The van der Waals surface area contributed by atoms with Crippen molar-refractivity contribution in [2.45, 2.75) is 20.1 Å². The maximum atomic E-state index is 12.9. The molecule has 3 aromatic rings. The number of carbonyl (C=O) groups is 2. The third kappa shape index (κ3) is 5.03. The van der Waals surface area contributed by atoms with Crippen LogP contribution in [0.4, 0.5) is 4.79 Å². The first-order valence-electron chi connectivity index (χ1n) is 9.86. The molecule has 0 spiro atoms. The second kappa shape index (κ2) is 9.18. The van der Waals surface area contributed by atoms with Crippen LogP contribution in [0.3, 0.4) is 0 Å². The molecule has 1 aliphatic rings. The summed E-state index contributed by atoms with van der Waals surface area (Å²) in [5.74, 6) is 0.262. The highest BCUT2D eigenvalue weighted by atomic mass is 79.9. The van der Waals surface area contributed by atoms with Gasteiger partial charge in [-0.05, 0) is 42.3 Å². The molecule has 3 aromatic carbocycles. The molecule has 0 atom stereocenters. The number of amides is 3. The van der Waals surface area contributed by atoms with E-state index in [0.717, 1.165) is 21.2 Å². The number of halogens is 1. The number of hydrogen-bond acceptors (Lipinski definition) is 3. The van der Waals surface area contributed by atoms with E-state index in [1.54, 1.807) is 6.08 Å². The lowest BCUT2D eigenvalue weighted by Crippen LogP contribution is -2.30. The summed E-state index contributed by atoms with van der Waals surface area (Å²) >= 11 is 3.46. The molecule has 1 saturated heterocycles. The van der Waals surface area contributed by atoms with Gasteiger partial charge < -0.3 is 10.1 Å². The van der Waals surface area contributed by atoms with Crippen molar-refractivity contribution in [3.63, 3.8) is 0 Å². The minimum atomic E-state index is -0.432. The van der Waals surface area contributed by atoms with Crippen LogP contribution in [0, 0.1) is 6.92 Å². The summed E-state index contributed by atoms with van der Waals surface area (Å²) < 4.78 is 6.83. The number of imide groups is 1. The van der Waals surface area contributed by atoms with Crippen molar-refractivity contribution in [1.82, 2.24) is 10.2 Å². The zero-order chi connectivity index (χ0) is 21.8. The first kappa shape index (κ1) is 20.9. The Morgan fingerprint density at radius 2 is 1.71 bits per heavy atom. The van der Waals surface area contributed by atoms with Gasteiger partial charge in [0.05, 0.1) is 6.54 Å². The van der Waals surface area contributed by atoms with Crippen molar-refractivity contribution in [2.24, 2.45) is 0 Å². The van der Waals surface area contributed by atoms with Gasteiger partial charge in [-0.25, -0.2) is 4.79 Å². The van der Waals surface area contributed by atoms with Crippen LogP contribution in [0.25, 0.3) is 6.08 Å². The highest BCUT2D eigenvalue weighted by molar-refractivity contribution is 9.10. The Hall–Kier alpha value is -3.38. The lowest BCUT2D eigenvalue weighted by atomic mass is 10.1. The van der Waals surface area contributed by atoms with Crippen molar-refractivity contribution in [3.05, 3.63) is 105 Å². The molecule has 6 heteroatoms. The zero-order valence-electron chi connectivity index (χ0n) is 17.0. The number of urea groups is 1. The van der Waals surface area contributed by atoms with Gasteiger partial charge in [0.25, 0.3) is 5.91 Å². The smallest absolute Gasteiger partial charge is 0.329 e. The summed E-state index contributed by atoms with van der Waals surface area (Å²) in [5.41, 5.74) is 3.98. The van der Waals surface area contributed by atoms with Crippen LogP contribution in [0.15, 0.2) is 83.0 Å². The largest absolute Gasteiger partial charge is 0.488 e. The number of benzene rings is 3. The fraction of sp³-hybridized carbons (Fsp3) is 0.120. The summed E-state index contributed by atoms with van der Waals surface area (Å²) in [6.45, 7) is 2.62. The molecule has 0 aromatic heterocycles. The average molecular weight is 477 g/mol. The number of rotatable bonds is 6. The number of carbonyl (C=O) groups excluding carboxylic acids is 2. The molecule has 156 valence electrons. The second-order valence-electron chi connectivity index (χ2n) is 7.32. The molecule has 1 fully saturated rings. The Morgan fingerprint density at radius 1 is 0.968 bits per heavy atom. The van der Waals surface area contributed by atoms with Crippen LogP contribution in [0.1, 0.15) is 22.3 Å². The quantitative estimate of drug-likeness (QED) is 0.381. The molecule has 1 aliphatic heterocycles. The van der Waals surface area contributed by atoms with Gasteiger partial charge in [0, 0.05) is 10.0 Å². The molecule has 0 radical (unpaired) electrons. The van der Waals surface area contributed by atoms with Gasteiger partial charge in [-0.2, -0.15) is 0 Å². The normalized spacial score (nSPS) is 14.8. The minimum absolute atomic E-state index is 0.220. The van der Waals surface area contributed by atoms with Crippen LogP contribution < -0.4 is 10.1 Å². The second-order valence-corrected chi connectivity index (χ2v) is 8.24. The first-order chi connectivity index (χ1) is 15.0. The lowest BCUT2D eigenvalue weighted by Gasteiger charge is -2.12. The van der Waals surface area contributed by atoms with Crippen LogP contribution in [-0.4, -0.2) is 16.8 Å². The number of aryl methyl sites for hydroxylation is 1. The SMILES string of the molecule is Cc1ccc(CN2C(=O)N/C(=C/c3cc(Br)ccc3OCc3ccccc3)C2=O)cc1. The van der Waals surface area contributed by atoms with Gasteiger partial charge in [0.1, 0.15) is 18.1 Å². The molecular weight excluding hydrogens is 456 g/mol. The van der Waals surface area contributed by atoms with Crippen molar-refractivity contribution in [1.29, 1.82) is 0 Å². The Labute approximate surface area is 189 Å². The number of hydrogen-bond donors (Lipinski definition) is 1. The van der Waals surface area contributed by atoms with E-state index < -0.39 is 6.03 Å². The monoisotopic (exact) mass is 476 g/mol. The zero-order valence-corrected chi connectivity index (χ0v) is 18.6. The molecule has 4 rings (SSSR count). The van der Waals surface area contributed by atoms with E-state index in [2.05, 4.69) is 21.2 Å². The van der Waals surface area contributed by atoms with E-state index in [9.17, 15) is 9.59 Å². The maximum Gasteiger partial charge on any atom is 0.329 e. The van der Waals surface area contributed by atoms with E-state index in [4.69, 9.17) is 4.74 Å². The summed E-state index contributed by atoms with van der Waals surface area (Å²) in [6, 6.07) is 22.7. The van der Waals surface area contributed by atoms with Gasteiger partial charge >= 0.3 is 6.03 Å². The summed E-state index contributed by atoms with van der Waals surface area (Å²) in [4.78, 5) is 26.5. The standard InChI is InChI=1S/C25H21BrN2O3/c1-17-7-9-18(10-8-17)15-28-24(29)22(27-25(28)30)14-20-13-21(26)11-12-23(20)31-16-19-5-3-2-4-6-19/h2-14H,15-16H2,1H3,(H,27,30)/b22-14+. The predicted molar refractivity (Wildman–Crippen MR) is 123 cm³/mol. The number of nitrogens with zero attached hydrogens (tertiary/aromatic N) is 1. The third-order valence-electron chi connectivity index (χ3n) is 4.93. The minimum Gasteiger partial charge on any atom is -0.488 e. The molecule has 3 amide bonds. The van der Waals surface area contributed by atoms with Crippen molar-refractivity contribution in [2.75, 3.05) is 0 Å². The van der Waals surface area contributed by atoms with Crippen LogP contribution in [0.2, 0.25) is 0 Å². The fourth-order valence-electron chi connectivity index (χ4n) is 3.25. The molecule has 0 aliphatic carbocycles. The van der Waals surface area contributed by atoms with Gasteiger partial charge in [-0.3, -0.25) is 9.69 Å². The number of nitrogens with one attached hydrogen (secondary N) is 1. The highest BCUT2D eigenvalue weighted by Crippen LogP contribution is 2.27. The third-order valence-corrected chi connectivity index (χ3v) is 5.43. The van der Waals surface area contributed by atoms with Crippen molar-refractivity contribution < 1.29 is 14.3 Å². The molecule has 31 heavy (non-hydrogen) atoms. The Morgan fingerprint density at radius 3 is 2.45 bits per heavy atom. The highest BCUT2D eigenvalue weighted by Gasteiger charge is 2.33. The average Bonchev–Trinajstić information content (AvgIpc) is 3.03. The Bertz CT molecular complexity index is 1140. The summed E-state index contributed by atoms with van der Waals surface area (Å²) in [7, 11) is 0. The van der Waals surface area contributed by atoms with E-state index in [0.29, 0.717) is 17.9 Å². The molecule has 5 nitrogen and oxygen atoms in total. The molecule has 1 N–H and O–H groups in total. The van der Waals surface area contributed by atoms with E-state index in [-0.39, 0.29) is 18.1 Å². The Balaban J connectivity index is 1.55. The van der Waals surface area contributed by atoms with E-state index in [1.807, 2.05) is 79.7 Å². The maximum absolute atomic E-state index is 12.9. The van der Waals surface area contributed by atoms with Crippen LogP contribution in [0.5, 0.6) is 5.75 Å². The van der Waals surface area contributed by atoms with Gasteiger partial charge in [-0.1, -0.05) is 76.1 Å². The van der Waals surface area contributed by atoms with Crippen molar-refractivity contribution in [3.8, 4) is 5.75 Å². The topological polar surface area (TPSA) is 58.6 Å². The van der Waals surface area contributed by atoms with Crippen LogP contribution in [-0.2, 0) is 17.9 Å². The molecule has 0 saturated carbocycles. The predicted octanol–water partition coefficient (Wildman–Crippen LogP) is 5.43.